The van der Waals surface area contributed by atoms with E-state index in [0.29, 0.717) is 40.9 Å². The Morgan fingerprint density at radius 2 is 1.41 bits per heavy atom. The van der Waals surface area contributed by atoms with Crippen molar-refractivity contribution in [2.75, 3.05) is 32.7 Å². The largest absolute Gasteiger partial charge is 0.481 e. The standard InChI is InChI=1S/C50H81N3O6/c1-12-52-25-27-53(28-26-52)40(55)33-29-36(44(33,4)5)51-41(56)50-20-15-31(46(8)21-22-46)39(50)32-13-14-35-47(9)18-17-37(59-38(54)30-43(2,3)42(57)58)45(6,7)34(47)16-19-49(35,11)48(32,10)23-24-50/h31-37,39H,12-30H2,1-11H3,(H,51,56)(H,57,58)/t31-,32-,33-,34+,35-,36-,37+,39-,47+,48-,49-,50+/m1/s1. The molecule has 0 aromatic carbocycles. The molecule has 9 heteroatoms. The van der Waals surface area contributed by atoms with Gasteiger partial charge in [-0.05, 0) is 161 Å². The lowest BCUT2D eigenvalue weighted by Crippen LogP contribution is -2.69. The lowest BCUT2D eigenvalue weighted by Gasteiger charge is -2.73. The Balaban J connectivity index is 1.01. The maximum Gasteiger partial charge on any atom is 0.309 e. The zero-order valence-corrected chi connectivity index (χ0v) is 38.9. The van der Waals surface area contributed by atoms with Crippen LogP contribution in [0.25, 0.3) is 0 Å². The van der Waals surface area contributed by atoms with Crippen LogP contribution in [0.2, 0.25) is 0 Å². The van der Waals surface area contributed by atoms with Gasteiger partial charge in [0.25, 0.3) is 0 Å². The van der Waals surface area contributed by atoms with E-state index in [-0.39, 0.29) is 62.9 Å². The molecule has 8 fully saturated rings. The molecule has 8 aliphatic rings. The molecule has 0 radical (unpaired) electrons. The first-order valence-electron chi connectivity index (χ1n) is 24.2. The molecule has 1 heterocycles. The van der Waals surface area contributed by atoms with Crippen LogP contribution in [0, 0.1) is 78.8 Å². The van der Waals surface area contributed by atoms with Crippen molar-refractivity contribution in [1.29, 1.82) is 0 Å². The number of piperazine rings is 1. The number of rotatable bonds is 9. The number of fused-ring (bicyclic) bond motifs is 7. The molecule has 12 atom stereocenters. The summed E-state index contributed by atoms with van der Waals surface area (Å²) in [5.41, 5.74) is -1.20. The minimum absolute atomic E-state index is 0.0321. The number of carboxylic acid groups (broad SMARTS) is 1. The topological polar surface area (TPSA) is 116 Å². The van der Waals surface area contributed by atoms with E-state index in [1.54, 1.807) is 13.8 Å². The Hall–Kier alpha value is -2.16. The number of likely N-dealkylation sites (N-methyl/N-ethyl adjacent to an activating group) is 1. The van der Waals surface area contributed by atoms with Gasteiger partial charge < -0.3 is 25.0 Å². The highest BCUT2D eigenvalue weighted by Gasteiger charge is 2.74. The van der Waals surface area contributed by atoms with E-state index < -0.39 is 17.4 Å². The second-order valence-corrected chi connectivity index (χ2v) is 24.7. The molecular formula is C50H81N3O6. The zero-order valence-electron chi connectivity index (χ0n) is 38.9. The van der Waals surface area contributed by atoms with Gasteiger partial charge in [-0.1, -0.05) is 62.3 Å². The molecular weight excluding hydrogens is 739 g/mol. The third-order valence-corrected chi connectivity index (χ3v) is 21.2. The van der Waals surface area contributed by atoms with E-state index in [4.69, 9.17) is 4.74 Å². The molecule has 1 saturated heterocycles. The van der Waals surface area contributed by atoms with Crippen molar-refractivity contribution in [3.05, 3.63) is 0 Å². The van der Waals surface area contributed by atoms with Crippen LogP contribution in [0.15, 0.2) is 0 Å². The van der Waals surface area contributed by atoms with E-state index in [0.717, 1.165) is 90.5 Å². The molecule has 9 nitrogen and oxygen atoms in total. The molecule has 0 aromatic heterocycles. The molecule has 59 heavy (non-hydrogen) atoms. The second-order valence-electron chi connectivity index (χ2n) is 24.7. The maximum absolute atomic E-state index is 15.2. The van der Waals surface area contributed by atoms with Gasteiger partial charge in [0.1, 0.15) is 6.10 Å². The molecule has 1 aliphatic heterocycles. The number of hydrogen-bond acceptors (Lipinski definition) is 6. The van der Waals surface area contributed by atoms with Gasteiger partial charge in [-0.25, -0.2) is 0 Å². The van der Waals surface area contributed by atoms with Gasteiger partial charge in [-0.2, -0.15) is 0 Å². The van der Waals surface area contributed by atoms with E-state index in [1.807, 2.05) is 0 Å². The highest BCUT2D eigenvalue weighted by Crippen LogP contribution is 2.79. The van der Waals surface area contributed by atoms with Crippen molar-refractivity contribution < 1.29 is 29.0 Å². The Labute approximate surface area is 356 Å². The van der Waals surface area contributed by atoms with Crippen molar-refractivity contribution in [2.45, 2.75) is 178 Å². The summed E-state index contributed by atoms with van der Waals surface area (Å²) < 4.78 is 6.23. The number of amides is 2. The van der Waals surface area contributed by atoms with Gasteiger partial charge in [0.15, 0.2) is 0 Å². The number of esters is 1. The molecule has 332 valence electrons. The maximum atomic E-state index is 15.2. The van der Waals surface area contributed by atoms with Gasteiger partial charge >= 0.3 is 11.9 Å². The summed E-state index contributed by atoms with van der Waals surface area (Å²) >= 11 is 0. The number of nitrogens with zero attached hydrogens (tertiary/aromatic N) is 2. The Morgan fingerprint density at radius 1 is 0.729 bits per heavy atom. The fraction of sp³-hybridized carbons (Fsp3) is 0.920. The number of carbonyl (C=O) groups excluding carboxylic acids is 3. The SMILES string of the molecule is CCN1CCN(C(=O)[C@H]2C[C@@H](NC(=O)[C@]34CC[C@@H](C5(C)CC5)[C@@H]3[C@H]3CC[C@@H]5[C@@]6(C)CC[C@H](OC(=O)CC(C)(C)C(=O)O)C(C)(C)[C@@H]6CC[C@@]5(C)[C@]3(C)CC4)C2(C)C)CC1. The number of carboxylic acids is 1. The quantitative estimate of drug-likeness (QED) is 0.223. The number of aliphatic carboxylic acids is 1. The van der Waals surface area contributed by atoms with Crippen LogP contribution in [0.5, 0.6) is 0 Å². The van der Waals surface area contributed by atoms with Crippen molar-refractivity contribution in [3.63, 3.8) is 0 Å². The lowest BCUT2D eigenvalue weighted by molar-refractivity contribution is -0.251. The van der Waals surface area contributed by atoms with Crippen LogP contribution < -0.4 is 5.32 Å². The lowest BCUT2D eigenvalue weighted by atomic mass is 9.32. The van der Waals surface area contributed by atoms with Crippen LogP contribution in [0.3, 0.4) is 0 Å². The molecule has 7 saturated carbocycles. The average Bonchev–Trinajstić information content (AvgIpc) is 3.78. The average molecular weight is 820 g/mol. The summed E-state index contributed by atoms with van der Waals surface area (Å²) in [6, 6.07) is 0.0321. The number of ether oxygens (including phenoxy) is 1. The molecule has 0 unspecified atom stereocenters. The fourth-order valence-corrected chi connectivity index (χ4v) is 16.6. The first-order chi connectivity index (χ1) is 27.4. The van der Waals surface area contributed by atoms with Crippen molar-refractivity contribution in [3.8, 4) is 0 Å². The Bertz CT molecular complexity index is 1710. The number of carbonyl (C=O) groups is 4. The highest BCUT2D eigenvalue weighted by molar-refractivity contribution is 5.86. The smallest absolute Gasteiger partial charge is 0.309 e. The van der Waals surface area contributed by atoms with Crippen LogP contribution in [-0.4, -0.2) is 83.5 Å². The van der Waals surface area contributed by atoms with Crippen LogP contribution in [0.1, 0.15) is 166 Å². The van der Waals surface area contributed by atoms with Crippen LogP contribution in [-0.2, 0) is 23.9 Å². The van der Waals surface area contributed by atoms with Crippen molar-refractivity contribution in [1.82, 2.24) is 15.1 Å². The Morgan fingerprint density at radius 3 is 2.02 bits per heavy atom. The molecule has 8 rings (SSSR count). The van der Waals surface area contributed by atoms with E-state index in [2.05, 4.69) is 77.4 Å². The monoisotopic (exact) mass is 820 g/mol. The third kappa shape index (κ3) is 6.42. The minimum atomic E-state index is -1.15. The summed E-state index contributed by atoms with van der Waals surface area (Å²) in [6.07, 6.45) is 13.7. The van der Waals surface area contributed by atoms with E-state index in [9.17, 15) is 19.5 Å². The van der Waals surface area contributed by atoms with E-state index >= 15 is 4.79 Å². The summed E-state index contributed by atoms with van der Waals surface area (Å²) in [6.45, 7) is 29.4. The zero-order chi connectivity index (χ0) is 42.9. The van der Waals surface area contributed by atoms with Gasteiger partial charge in [0.2, 0.25) is 11.8 Å². The predicted octanol–water partition coefficient (Wildman–Crippen LogP) is 8.98. The highest BCUT2D eigenvalue weighted by atomic mass is 16.5. The van der Waals surface area contributed by atoms with Gasteiger partial charge in [0.05, 0.1) is 17.3 Å². The number of nitrogens with one attached hydrogen (secondary N) is 1. The molecule has 7 aliphatic carbocycles. The first-order valence-corrected chi connectivity index (χ1v) is 24.2. The van der Waals surface area contributed by atoms with Crippen LogP contribution in [0.4, 0.5) is 0 Å². The van der Waals surface area contributed by atoms with Crippen molar-refractivity contribution >= 4 is 23.8 Å². The number of hydrogen-bond donors (Lipinski definition) is 2. The van der Waals surface area contributed by atoms with Crippen LogP contribution >= 0.6 is 0 Å². The summed E-state index contributed by atoms with van der Waals surface area (Å²) in [5, 5.41) is 13.4. The summed E-state index contributed by atoms with van der Waals surface area (Å²) in [4.78, 5) is 58.6. The summed E-state index contributed by atoms with van der Waals surface area (Å²) in [5.74, 6) is 1.66. The third-order valence-electron chi connectivity index (χ3n) is 21.2. The fourth-order valence-electron chi connectivity index (χ4n) is 16.6. The van der Waals surface area contributed by atoms with Gasteiger partial charge in [0, 0.05) is 43.6 Å². The van der Waals surface area contributed by atoms with Gasteiger partial charge in [-0.15, -0.1) is 0 Å². The van der Waals surface area contributed by atoms with Crippen molar-refractivity contribution in [2.24, 2.45) is 78.8 Å². The molecule has 0 aromatic rings. The summed E-state index contributed by atoms with van der Waals surface area (Å²) in [7, 11) is 0. The molecule has 0 spiro atoms. The molecule has 0 bridgehead atoms. The molecule has 2 N–H and O–H groups in total. The normalized spacial score (nSPS) is 44.4. The minimum Gasteiger partial charge on any atom is -0.481 e. The second kappa shape index (κ2) is 14.2. The predicted molar refractivity (Wildman–Crippen MR) is 230 cm³/mol. The molecule has 2 amide bonds. The van der Waals surface area contributed by atoms with Gasteiger partial charge in [-0.3, -0.25) is 19.2 Å². The van der Waals surface area contributed by atoms with E-state index in [1.165, 1.54) is 25.7 Å². The first kappa shape index (κ1) is 43.5. The Kier molecular flexibility index (Phi) is 10.4.